The summed E-state index contributed by atoms with van der Waals surface area (Å²) in [6, 6.07) is 17.2. The third-order valence-corrected chi connectivity index (χ3v) is 5.58. The molecule has 8 heteroatoms. The second-order valence-corrected chi connectivity index (χ2v) is 7.53. The Bertz CT molecular complexity index is 1250. The number of para-hydroxylation sites is 1. The molecule has 0 N–H and O–H groups in total. The van der Waals surface area contributed by atoms with E-state index in [0.717, 1.165) is 16.5 Å². The van der Waals surface area contributed by atoms with Crippen molar-refractivity contribution in [3.05, 3.63) is 71.3 Å². The third-order valence-electron chi connectivity index (χ3n) is 4.94. The number of ketones is 1. The summed E-state index contributed by atoms with van der Waals surface area (Å²) in [6.07, 6.45) is -0.624. The summed E-state index contributed by atoms with van der Waals surface area (Å²) in [5, 5.41) is 17.1. The molecule has 2 atom stereocenters. The first-order chi connectivity index (χ1) is 13.6. The molecule has 0 aliphatic carbocycles. The van der Waals surface area contributed by atoms with E-state index in [0.29, 0.717) is 21.4 Å². The van der Waals surface area contributed by atoms with Crippen molar-refractivity contribution in [1.82, 2.24) is 20.0 Å². The third kappa shape index (κ3) is 2.60. The normalized spacial score (nSPS) is 19.0. The number of hydrogen-bond donors (Lipinski definition) is 0. The van der Waals surface area contributed by atoms with Crippen molar-refractivity contribution in [2.75, 3.05) is 0 Å². The summed E-state index contributed by atoms with van der Waals surface area (Å²) >= 11 is 3.41. The Balaban J connectivity index is 1.64. The van der Waals surface area contributed by atoms with Crippen molar-refractivity contribution >= 4 is 42.9 Å². The molecule has 4 aromatic rings. The molecule has 0 saturated heterocycles. The van der Waals surface area contributed by atoms with Crippen LogP contribution in [0.3, 0.4) is 0 Å². The van der Waals surface area contributed by atoms with E-state index >= 15 is 0 Å². The van der Waals surface area contributed by atoms with E-state index in [9.17, 15) is 4.79 Å². The molecule has 0 bridgehead atoms. The van der Waals surface area contributed by atoms with Crippen LogP contribution < -0.4 is 0 Å². The zero-order chi connectivity index (χ0) is 19.3. The molecule has 138 valence electrons. The number of carbonyl (C=O) groups is 1. The summed E-state index contributed by atoms with van der Waals surface area (Å²) in [5.41, 5.74) is 3.84. The lowest BCUT2D eigenvalue weighted by Gasteiger charge is -2.18. The maximum atomic E-state index is 13.2. The molecule has 5 rings (SSSR count). The van der Waals surface area contributed by atoms with Crippen molar-refractivity contribution in [2.45, 2.75) is 13.0 Å². The van der Waals surface area contributed by atoms with Crippen LogP contribution in [0, 0.1) is 12.8 Å². The zero-order valence-corrected chi connectivity index (χ0v) is 16.4. The Morgan fingerprint density at radius 2 is 1.93 bits per heavy atom. The number of carbonyl (C=O) groups excluding carboxylic acids is 1. The Kier molecular flexibility index (Phi) is 3.94. The van der Waals surface area contributed by atoms with Gasteiger partial charge >= 0.3 is 0 Å². The second kappa shape index (κ2) is 6.49. The highest BCUT2D eigenvalue weighted by Gasteiger charge is 2.41. The minimum Gasteiger partial charge on any atom is -0.386 e. The maximum absolute atomic E-state index is 13.2. The molecule has 0 saturated carbocycles. The number of aryl methyl sites for hydroxylation is 1. The Hall–Kier alpha value is -3.13. The van der Waals surface area contributed by atoms with E-state index in [1.54, 1.807) is 4.52 Å². The predicted molar refractivity (Wildman–Crippen MR) is 107 cm³/mol. The largest absolute Gasteiger partial charge is 0.386 e. The zero-order valence-electron chi connectivity index (χ0n) is 14.8. The fourth-order valence-corrected chi connectivity index (χ4v) is 4.03. The maximum Gasteiger partial charge on any atom is 0.186 e. The standard InChI is InChI=1S/C20H14BrN5O2/c1-11-6-8-12(9-7-11)17(27)16-18(28-23-19(16)21)14-10-13-4-2-3-5-15(13)26-20(14)22-24-25-26/h2-10,16,18H,1H3/t16-,18-/m1/s1. The fraction of sp³-hybridized carbons (Fsp3) is 0.150. The molecule has 0 amide bonds. The van der Waals surface area contributed by atoms with Gasteiger partial charge in [0.25, 0.3) is 0 Å². The van der Waals surface area contributed by atoms with Crippen molar-refractivity contribution < 1.29 is 9.63 Å². The lowest BCUT2D eigenvalue weighted by atomic mass is 9.89. The first-order valence-electron chi connectivity index (χ1n) is 8.73. The van der Waals surface area contributed by atoms with Crippen LogP contribution in [-0.2, 0) is 4.84 Å². The SMILES string of the molecule is Cc1ccc(C(=O)[C@H]2C(Br)=NO[C@@H]2c2cc3ccccc3n3nnnc23)cc1. The predicted octanol–water partition coefficient (Wildman–Crippen LogP) is 3.86. The summed E-state index contributed by atoms with van der Waals surface area (Å²) in [6.45, 7) is 1.98. The number of halogens is 1. The molecule has 2 aromatic heterocycles. The van der Waals surface area contributed by atoms with Gasteiger partial charge in [0.2, 0.25) is 0 Å². The lowest BCUT2D eigenvalue weighted by Crippen LogP contribution is -2.24. The number of Topliss-reactive ketones (excluding diaryl/α,β-unsaturated/α-hetero) is 1. The van der Waals surface area contributed by atoms with E-state index in [-0.39, 0.29) is 5.78 Å². The topological polar surface area (TPSA) is 81.7 Å². The summed E-state index contributed by atoms with van der Waals surface area (Å²) in [7, 11) is 0. The van der Waals surface area contributed by atoms with Gasteiger partial charge in [0.15, 0.2) is 17.5 Å². The molecule has 3 heterocycles. The summed E-state index contributed by atoms with van der Waals surface area (Å²) < 4.78 is 2.12. The number of fused-ring (bicyclic) bond motifs is 3. The van der Waals surface area contributed by atoms with Gasteiger partial charge in [0, 0.05) is 16.5 Å². The van der Waals surface area contributed by atoms with Crippen molar-refractivity contribution in [1.29, 1.82) is 0 Å². The number of tetrazole rings is 1. The number of rotatable bonds is 3. The molecular weight excluding hydrogens is 422 g/mol. The highest BCUT2D eigenvalue weighted by Crippen LogP contribution is 2.39. The van der Waals surface area contributed by atoms with Gasteiger partial charge in [0.05, 0.1) is 5.52 Å². The fourth-order valence-electron chi connectivity index (χ4n) is 3.50. The molecule has 0 fully saturated rings. The molecule has 7 nitrogen and oxygen atoms in total. The van der Waals surface area contributed by atoms with E-state index in [2.05, 4.69) is 36.6 Å². The highest BCUT2D eigenvalue weighted by molar-refractivity contribution is 9.18. The van der Waals surface area contributed by atoms with E-state index < -0.39 is 12.0 Å². The van der Waals surface area contributed by atoms with Crippen molar-refractivity contribution in [2.24, 2.45) is 11.1 Å². The summed E-state index contributed by atoms with van der Waals surface area (Å²) in [5.74, 6) is -0.679. The highest BCUT2D eigenvalue weighted by atomic mass is 79.9. The smallest absolute Gasteiger partial charge is 0.186 e. The van der Waals surface area contributed by atoms with Gasteiger partial charge in [-0.2, -0.15) is 4.52 Å². The molecule has 1 aliphatic rings. The number of hydrogen-bond acceptors (Lipinski definition) is 6. The minimum atomic E-state index is -0.624. The van der Waals surface area contributed by atoms with Crippen LogP contribution in [0.25, 0.3) is 16.6 Å². The molecule has 0 radical (unpaired) electrons. The first kappa shape index (κ1) is 17.0. The number of nitrogens with zero attached hydrogens (tertiary/aromatic N) is 5. The van der Waals surface area contributed by atoms with Crippen LogP contribution >= 0.6 is 15.9 Å². The van der Waals surface area contributed by atoms with E-state index in [1.807, 2.05) is 61.5 Å². The molecule has 28 heavy (non-hydrogen) atoms. The number of pyridine rings is 1. The van der Waals surface area contributed by atoms with Gasteiger partial charge in [-0.1, -0.05) is 53.2 Å². The van der Waals surface area contributed by atoms with Crippen LogP contribution in [0.1, 0.15) is 27.6 Å². The van der Waals surface area contributed by atoms with Gasteiger partial charge in [-0.15, -0.1) is 5.10 Å². The quantitative estimate of drug-likeness (QED) is 0.456. The van der Waals surface area contributed by atoms with Crippen LogP contribution in [0.2, 0.25) is 0 Å². The molecule has 1 aliphatic heterocycles. The van der Waals surface area contributed by atoms with Crippen molar-refractivity contribution in [3.8, 4) is 0 Å². The number of aromatic nitrogens is 4. The molecular formula is C20H14BrN5O2. The van der Waals surface area contributed by atoms with Gasteiger partial charge in [-0.25, -0.2) is 0 Å². The Labute approximate surface area is 168 Å². The van der Waals surface area contributed by atoms with Crippen LogP contribution in [0.5, 0.6) is 0 Å². The average Bonchev–Trinajstić information content (AvgIpc) is 3.34. The molecule has 0 unspecified atom stereocenters. The second-order valence-electron chi connectivity index (χ2n) is 6.72. The minimum absolute atomic E-state index is 0.0723. The summed E-state index contributed by atoms with van der Waals surface area (Å²) in [4.78, 5) is 18.9. The average molecular weight is 436 g/mol. The van der Waals surface area contributed by atoms with Crippen LogP contribution in [0.15, 0.2) is 59.8 Å². The van der Waals surface area contributed by atoms with Crippen LogP contribution in [-0.4, -0.2) is 30.4 Å². The van der Waals surface area contributed by atoms with Crippen LogP contribution in [0.4, 0.5) is 0 Å². The first-order valence-corrected chi connectivity index (χ1v) is 9.52. The number of oxime groups is 1. The van der Waals surface area contributed by atoms with Gasteiger partial charge in [-0.05, 0) is 45.4 Å². The van der Waals surface area contributed by atoms with E-state index in [4.69, 9.17) is 4.84 Å². The number of benzene rings is 2. The van der Waals surface area contributed by atoms with Gasteiger partial charge in [0.1, 0.15) is 10.5 Å². The molecule has 2 aromatic carbocycles. The Morgan fingerprint density at radius 3 is 2.75 bits per heavy atom. The lowest BCUT2D eigenvalue weighted by molar-refractivity contribution is 0.0539. The van der Waals surface area contributed by atoms with Gasteiger partial charge < -0.3 is 4.84 Å². The van der Waals surface area contributed by atoms with Crippen molar-refractivity contribution in [3.63, 3.8) is 0 Å². The Morgan fingerprint density at radius 1 is 1.14 bits per heavy atom. The van der Waals surface area contributed by atoms with E-state index in [1.165, 1.54) is 0 Å². The monoisotopic (exact) mass is 435 g/mol. The van der Waals surface area contributed by atoms with Gasteiger partial charge in [-0.3, -0.25) is 4.79 Å². The molecule has 0 spiro atoms.